The normalized spacial score (nSPS) is 18.6. The Morgan fingerprint density at radius 3 is 2.28 bits per heavy atom. The Bertz CT molecular complexity index is 873. The van der Waals surface area contributed by atoms with Crippen molar-refractivity contribution in [3.8, 4) is 5.75 Å². The number of rotatable bonds is 7. The molecule has 0 unspecified atom stereocenters. The summed E-state index contributed by atoms with van der Waals surface area (Å²) in [5, 5.41) is 0. The highest BCUT2D eigenvalue weighted by atomic mass is 28.3. The molecule has 0 N–H and O–H groups in total. The van der Waals surface area contributed by atoms with Crippen molar-refractivity contribution in [3.05, 3.63) is 18.0 Å². The Morgan fingerprint density at radius 1 is 1.10 bits per heavy atom. The second-order valence-electron chi connectivity index (χ2n) is 10.1. The van der Waals surface area contributed by atoms with Crippen LogP contribution in [-0.2, 0) is 20.8 Å². The van der Waals surface area contributed by atoms with E-state index in [1.165, 1.54) is 0 Å². The van der Waals surface area contributed by atoms with E-state index in [9.17, 15) is 0 Å². The molecule has 1 aliphatic heterocycles. The third kappa shape index (κ3) is 4.55. The average Bonchev–Trinajstić information content (AvgIpc) is 3.01. The van der Waals surface area contributed by atoms with Crippen LogP contribution in [0.4, 0.5) is 0 Å². The van der Waals surface area contributed by atoms with Gasteiger partial charge in [0.15, 0.2) is 0 Å². The fourth-order valence-electron chi connectivity index (χ4n) is 3.32. The molecule has 1 aliphatic rings. The first-order chi connectivity index (χ1) is 13.3. The molecule has 0 spiro atoms. The highest BCUT2D eigenvalue weighted by Gasteiger charge is 2.52. The van der Waals surface area contributed by atoms with Crippen molar-refractivity contribution in [2.45, 2.75) is 78.2 Å². The summed E-state index contributed by atoms with van der Waals surface area (Å²) in [6.45, 7) is 18.5. The molecular weight excluding hydrogens is 383 g/mol. The third-order valence-corrected chi connectivity index (χ3v) is 7.72. The topological polar surface area (TPSA) is 54.7 Å². The minimum Gasteiger partial charge on any atom is -0.497 e. The predicted molar refractivity (Wildman–Crippen MR) is 121 cm³/mol. The van der Waals surface area contributed by atoms with Crippen LogP contribution in [0.5, 0.6) is 5.75 Å². The maximum Gasteiger partial charge on any atom is 0.498 e. The standard InChI is InChI=1S/C21H35BN2O4Si/c1-15-23-17-12-16(22-27-20(2,3)21(4,5)28-22)19(25-6)13-18(17)24(15)14-26-10-11-29(7,8)9/h12-13H,10-11,14H2,1-9H3. The molecule has 1 aromatic heterocycles. The van der Waals surface area contributed by atoms with E-state index >= 15 is 0 Å². The summed E-state index contributed by atoms with van der Waals surface area (Å²) in [6.07, 6.45) is 0. The molecular formula is C21H35BN2O4Si. The van der Waals surface area contributed by atoms with Gasteiger partial charge < -0.3 is 23.3 Å². The lowest BCUT2D eigenvalue weighted by molar-refractivity contribution is 0.00578. The maximum atomic E-state index is 6.23. The molecule has 2 heterocycles. The summed E-state index contributed by atoms with van der Waals surface area (Å²) >= 11 is 0. The van der Waals surface area contributed by atoms with E-state index in [0.717, 1.165) is 40.7 Å². The average molecular weight is 418 g/mol. The van der Waals surface area contributed by atoms with E-state index in [-0.39, 0.29) is 0 Å². The number of hydrogen-bond donors (Lipinski definition) is 0. The number of imidazole rings is 1. The van der Waals surface area contributed by atoms with Crippen molar-refractivity contribution in [2.24, 2.45) is 0 Å². The van der Waals surface area contributed by atoms with Gasteiger partial charge in [-0.2, -0.15) is 0 Å². The first-order valence-electron chi connectivity index (χ1n) is 10.3. The van der Waals surface area contributed by atoms with Gasteiger partial charge in [0.2, 0.25) is 0 Å². The summed E-state index contributed by atoms with van der Waals surface area (Å²) in [5.41, 5.74) is 1.94. The summed E-state index contributed by atoms with van der Waals surface area (Å²) < 4.78 is 26.2. The van der Waals surface area contributed by atoms with E-state index in [1.807, 2.05) is 19.1 Å². The fourth-order valence-corrected chi connectivity index (χ4v) is 4.07. The number of benzene rings is 1. The minimum atomic E-state index is -1.11. The highest BCUT2D eigenvalue weighted by Crippen LogP contribution is 2.37. The van der Waals surface area contributed by atoms with Gasteiger partial charge in [0, 0.05) is 26.2 Å². The molecule has 1 saturated heterocycles. The van der Waals surface area contributed by atoms with Gasteiger partial charge in [-0.05, 0) is 46.7 Å². The van der Waals surface area contributed by atoms with E-state index < -0.39 is 26.4 Å². The van der Waals surface area contributed by atoms with E-state index in [1.54, 1.807) is 7.11 Å². The molecule has 160 valence electrons. The second kappa shape index (κ2) is 7.72. The van der Waals surface area contributed by atoms with Crippen LogP contribution in [-0.4, -0.2) is 49.7 Å². The van der Waals surface area contributed by atoms with Gasteiger partial charge in [-0.25, -0.2) is 4.98 Å². The van der Waals surface area contributed by atoms with Crippen molar-refractivity contribution in [3.63, 3.8) is 0 Å². The van der Waals surface area contributed by atoms with Crippen LogP contribution in [0.15, 0.2) is 12.1 Å². The predicted octanol–water partition coefficient (Wildman–Crippen LogP) is 3.96. The zero-order valence-corrected chi connectivity index (χ0v) is 20.4. The molecule has 29 heavy (non-hydrogen) atoms. The van der Waals surface area contributed by atoms with Crippen LogP contribution < -0.4 is 10.2 Å². The van der Waals surface area contributed by atoms with E-state index in [2.05, 4.69) is 51.9 Å². The van der Waals surface area contributed by atoms with Crippen LogP contribution in [0.1, 0.15) is 33.5 Å². The van der Waals surface area contributed by atoms with Gasteiger partial charge in [-0.15, -0.1) is 0 Å². The summed E-state index contributed by atoms with van der Waals surface area (Å²) in [5.74, 6) is 1.65. The molecule has 0 radical (unpaired) electrons. The molecule has 0 saturated carbocycles. The number of aryl methyl sites for hydroxylation is 1. The molecule has 0 amide bonds. The Morgan fingerprint density at radius 2 is 1.72 bits per heavy atom. The monoisotopic (exact) mass is 418 g/mol. The zero-order chi connectivity index (χ0) is 21.6. The quantitative estimate of drug-likeness (QED) is 0.503. The smallest absolute Gasteiger partial charge is 0.497 e. The Labute approximate surface area is 176 Å². The Hall–Kier alpha value is -1.35. The third-order valence-electron chi connectivity index (χ3n) is 6.01. The first kappa shape index (κ1) is 22.3. The van der Waals surface area contributed by atoms with Gasteiger partial charge in [-0.1, -0.05) is 19.6 Å². The van der Waals surface area contributed by atoms with Crippen molar-refractivity contribution >= 4 is 31.7 Å². The van der Waals surface area contributed by atoms with Crippen molar-refractivity contribution < 1.29 is 18.8 Å². The van der Waals surface area contributed by atoms with Crippen LogP contribution >= 0.6 is 0 Å². The molecule has 0 aliphatic carbocycles. The molecule has 1 fully saturated rings. The van der Waals surface area contributed by atoms with Gasteiger partial charge in [0.05, 0.1) is 29.3 Å². The summed E-state index contributed by atoms with van der Waals surface area (Å²) in [6, 6.07) is 5.17. The zero-order valence-electron chi connectivity index (χ0n) is 19.4. The molecule has 6 nitrogen and oxygen atoms in total. The van der Waals surface area contributed by atoms with Gasteiger partial charge in [0.25, 0.3) is 0 Å². The van der Waals surface area contributed by atoms with Gasteiger partial charge in [-0.3, -0.25) is 0 Å². The van der Waals surface area contributed by atoms with Crippen LogP contribution in [0, 0.1) is 6.92 Å². The number of nitrogens with zero attached hydrogens (tertiary/aromatic N) is 2. The molecule has 8 heteroatoms. The maximum absolute atomic E-state index is 6.23. The summed E-state index contributed by atoms with van der Waals surface area (Å²) in [7, 11) is 0.0811. The summed E-state index contributed by atoms with van der Waals surface area (Å²) in [4.78, 5) is 4.75. The second-order valence-corrected chi connectivity index (χ2v) is 15.7. The van der Waals surface area contributed by atoms with Crippen molar-refractivity contribution in [1.82, 2.24) is 9.55 Å². The lowest BCUT2D eigenvalue weighted by atomic mass is 9.78. The molecule has 0 bridgehead atoms. The first-order valence-corrected chi connectivity index (χ1v) is 14.0. The lowest BCUT2D eigenvalue weighted by Gasteiger charge is -2.32. The van der Waals surface area contributed by atoms with Crippen molar-refractivity contribution in [1.29, 1.82) is 0 Å². The van der Waals surface area contributed by atoms with E-state index in [0.29, 0.717) is 6.73 Å². The highest BCUT2D eigenvalue weighted by molar-refractivity contribution is 6.76. The number of fused-ring (bicyclic) bond motifs is 1. The molecule has 2 aromatic rings. The van der Waals surface area contributed by atoms with Crippen LogP contribution in [0.25, 0.3) is 11.0 Å². The number of ether oxygens (including phenoxy) is 2. The van der Waals surface area contributed by atoms with Crippen LogP contribution in [0.2, 0.25) is 25.7 Å². The largest absolute Gasteiger partial charge is 0.498 e. The molecule has 0 atom stereocenters. The SMILES string of the molecule is COc1cc2c(cc1B1OC(C)(C)C(C)(C)O1)nc(C)n2COCC[Si](C)(C)C. The fraction of sp³-hybridized carbons (Fsp3) is 0.667. The van der Waals surface area contributed by atoms with E-state index in [4.69, 9.17) is 23.8 Å². The number of methoxy groups -OCH3 is 1. The molecule has 1 aromatic carbocycles. The van der Waals surface area contributed by atoms with Gasteiger partial charge >= 0.3 is 7.12 Å². The van der Waals surface area contributed by atoms with Crippen LogP contribution in [0.3, 0.4) is 0 Å². The number of aromatic nitrogens is 2. The van der Waals surface area contributed by atoms with Gasteiger partial charge in [0.1, 0.15) is 18.3 Å². The Balaban J connectivity index is 1.88. The Kier molecular flexibility index (Phi) is 5.95. The van der Waals surface area contributed by atoms with Crippen molar-refractivity contribution in [2.75, 3.05) is 13.7 Å². The number of hydrogen-bond acceptors (Lipinski definition) is 5. The lowest BCUT2D eigenvalue weighted by Crippen LogP contribution is -2.41. The minimum absolute atomic E-state index is 0.406. The molecule has 3 rings (SSSR count).